The van der Waals surface area contributed by atoms with E-state index in [0.717, 1.165) is 5.69 Å². The van der Waals surface area contributed by atoms with E-state index >= 15 is 0 Å². The van der Waals surface area contributed by atoms with Crippen LogP contribution >= 0.6 is 0 Å². The van der Waals surface area contributed by atoms with Gasteiger partial charge in [-0.25, -0.2) is 4.98 Å². The minimum atomic E-state index is -4.21. The van der Waals surface area contributed by atoms with Crippen LogP contribution in [-0.4, -0.2) is 24.1 Å². The average molecular weight is 300 g/mol. The summed E-state index contributed by atoms with van der Waals surface area (Å²) in [5, 5.41) is 0. The molecule has 2 rings (SSSR count). The van der Waals surface area contributed by atoms with Crippen molar-refractivity contribution in [3.8, 4) is 0 Å². The number of aryl methyl sites for hydroxylation is 1. The Morgan fingerprint density at radius 1 is 1.33 bits per heavy atom. The van der Waals surface area contributed by atoms with Crippen molar-refractivity contribution in [2.45, 2.75) is 38.8 Å². The third kappa shape index (κ3) is 3.74. The summed E-state index contributed by atoms with van der Waals surface area (Å²) < 4.78 is 38.5. The highest BCUT2D eigenvalue weighted by molar-refractivity contribution is 5.93. The first kappa shape index (κ1) is 15.8. The van der Waals surface area contributed by atoms with Gasteiger partial charge < -0.3 is 0 Å². The molecule has 1 aromatic heterocycles. The first-order valence-electron chi connectivity index (χ1n) is 7.07. The second kappa shape index (κ2) is 6.03. The number of halogens is 3. The zero-order valence-electron chi connectivity index (χ0n) is 12.2. The first-order valence-corrected chi connectivity index (χ1v) is 7.07. The van der Waals surface area contributed by atoms with E-state index in [-0.39, 0.29) is 18.7 Å². The maximum absolute atomic E-state index is 12.8. The highest BCUT2D eigenvalue weighted by atomic mass is 19.4. The summed E-state index contributed by atoms with van der Waals surface area (Å²) >= 11 is 0. The lowest BCUT2D eigenvalue weighted by atomic mass is 9.80. The molecule has 0 aromatic carbocycles. The number of hydrogen-bond donors (Lipinski definition) is 0. The Hall–Kier alpha value is -1.59. The van der Waals surface area contributed by atoms with E-state index in [1.54, 1.807) is 19.2 Å². The minimum absolute atomic E-state index is 0.113. The fourth-order valence-corrected chi connectivity index (χ4v) is 2.81. The zero-order chi connectivity index (χ0) is 15.6. The Morgan fingerprint density at radius 2 is 2.05 bits per heavy atom. The third-order valence-corrected chi connectivity index (χ3v) is 4.03. The van der Waals surface area contributed by atoms with Gasteiger partial charge >= 0.3 is 6.18 Å². The molecule has 0 N–H and O–H groups in total. The molecule has 1 aliphatic rings. The number of aromatic nitrogens is 1. The Morgan fingerprint density at radius 3 is 2.67 bits per heavy atom. The van der Waals surface area contributed by atoms with Crippen molar-refractivity contribution in [3.63, 3.8) is 0 Å². The van der Waals surface area contributed by atoms with Crippen LogP contribution in [0.15, 0.2) is 18.2 Å². The molecule has 0 radical (unpaired) electrons. The molecule has 2 atom stereocenters. The maximum atomic E-state index is 12.8. The number of amides is 1. The number of carbonyl (C=O) groups is 1. The summed E-state index contributed by atoms with van der Waals surface area (Å²) in [6, 6.07) is 5.28. The van der Waals surface area contributed by atoms with Crippen molar-refractivity contribution < 1.29 is 18.0 Å². The standard InChI is InChI=1S/C15H19F3N2O/c1-10-5-3-8-13(19-10)20(2)14(21)11-6-4-7-12(9-11)15(16,17)18/h3,5,8,11-12H,4,6-7,9H2,1-2H3. The van der Waals surface area contributed by atoms with E-state index in [1.165, 1.54) is 4.90 Å². The van der Waals surface area contributed by atoms with Gasteiger partial charge in [-0.15, -0.1) is 0 Å². The van der Waals surface area contributed by atoms with Gasteiger partial charge in [0.15, 0.2) is 0 Å². The molecule has 1 amide bonds. The van der Waals surface area contributed by atoms with Gasteiger partial charge in [-0.1, -0.05) is 12.5 Å². The summed E-state index contributed by atoms with van der Waals surface area (Å²) in [6.07, 6.45) is -3.24. The molecule has 1 aromatic rings. The molecule has 3 nitrogen and oxygen atoms in total. The van der Waals surface area contributed by atoms with E-state index in [1.807, 2.05) is 13.0 Å². The number of rotatable bonds is 2. The van der Waals surface area contributed by atoms with Crippen molar-refractivity contribution in [2.75, 3.05) is 11.9 Å². The number of hydrogen-bond acceptors (Lipinski definition) is 2. The molecular weight excluding hydrogens is 281 g/mol. The predicted octanol–water partition coefficient (Wildman–Crippen LogP) is 3.72. The normalized spacial score (nSPS) is 22.9. The van der Waals surface area contributed by atoms with Crippen molar-refractivity contribution in [1.82, 2.24) is 4.98 Å². The predicted molar refractivity (Wildman–Crippen MR) is 73.9 cm³/mol. The highest BCUT2D eigenvalue weighted by Gasteiger charge is 2.44. The quantitative estimate of drug-likeness (QED) is 0.834. The molecule has 116 valence electrons. The second-order valence-corrected chi connectivity index (χ2v) is 5.64. The molecule has 1 aliphatic carbocycles. The zero-order valence-corrected chi connectivity index (χ0v) is 12.2. The van der Waals surface area contributed by atoms with Crippen LogP contribution in [0.25, 0.3) is 0 Å². The minimum Gasteiger partial charge on any atom is -0.300 e. The van der Waals surface area contributed by atoms with Crippen LogP contribution in [-0.2, 0) is 4.79 Å². The van der Waals surface area contributed by atoms with Crippen LogP contribution < -0.4 is 4.90 Å². The van der Waals surface area contributed by atoms with Crippen LogP contribution in [0.5, 0.6) is 0 Å². The van der Waals surface area contributed by atoms with Gasteiger partial charge in [0.1, 0.15) is 5.82 Å². The van der Waals surface area contributed by atoms with Gasteiger partial charge in [-0.3, -0.25) is 9.69 Å². The van der Waals surface area contributed by atoms with Gasteiger partial charge in [-0.05, 0) is 38.3 Å². The molecule has 1 heterocycles. The molecule has 1 fully saturated rings. The Kier molecular flexibility index (Phi) is 4.54. The van der Waals surface area contributed by atoms with Crippen molar-refractivity contribution in [1.29, 1.82) is 0 Å². The van der Waals surface area contributed by atoms with Crippen molar-refractivity contribution in [3.05, 3.63) is 23.9 Å². The van der Waals surface area contributed by atoms with Gasteiger partial charge in [0, 0.05) is 18.7 Å². The third-order valence-electron chi connectivity index (χ3n) is 4.03. The Bertz CT molecular complexity index is 516. The van der Waals surface area contributed by atoms with Gasteiger partial charge in [-0.2, -0.15) is 13.2 Å². The van der Waals surface area contributed by atoms with Crippen LogP contribution in [0, 0.1) is 18.8 Å². The van der Waals surface area contributed by atoms with Crippen LogP contribution in [0.1, 0.15) is 31.4 Å². The Balaban J connectivity index is 2.09. The molecule has 1 saturated carbocycles. The largest absolute Gasteiger partial charge is 0.391 e. The van der Waals surface area contributed by atoms with E-state index in [2.05, 4.69) is 4.98 Å². The summed E-state index contributed by atoms with van der Waals surface area (Å²) in [5.41, 5.74) is 0.768. The van der Waals surface area contributed by atoms with Gasteiger partial charge in [0.25, 0.3) is 0 Å². The lowest BCUT2D eigenvalue weighted by Crippen LogP contribution is -2.38. The summed E-state index contributed by atoms with van der Waals surface area (Å²) in [7, 11) is 1.57. The summed E-state index contributed by atoms with van der Waals surface area (Å²) in [5.74, 6) is -1.73. The Labute approximate surface area is 122 Å². The molecule has 6 heteroatoms. The topological polar surface area (TPSA) is 33.2 Å². The van der Waals surface area contributed by atoms with E-state index < -0.39 is 18.0 Å². The smallest absolute Gasteiger partial charge is 0.300 e. The maximum Gasteiger partial charge on any atom is 0.391 e. The molecular formula is C15H19F3N2O. The van der Waals surface area contributed by atoms with E-state index in [4.69, 9.17) is 0 Å². The van der Waals surface area contributed by atoms with Gasteiger partial charge in [0.05, 0.1) is 5.92 Å². The number of pyridine rings is 1. The molecule has 0 spiro atoms. The van der Waals surface area contributed by atoms with Crippen LogP contribution in [0.3, 0.4) is 0 Å². The lowest BCUT2D eigenvalue weighted by Gasteiger charge is -2.31. The molecule has 0 aliphatic heterocycles. The van der Waals surface area contributed by atoms with Crippen molar-refractivity contribution in [2.24, 2.45) is 11.8 Å². The molecule has 2 unspecified atom stereocenters. The van der Waals surface area contributed by atoms with Crippen LogP contribution in [0.2, 0.25) is 0 Å². The molecule has 0 bridgehead atoms. The molecule has 21 heavy (non-hydrogen) atoms. The number of nitrogens with zero attached hydrogens (tertiary/aromatic N) is 2. The van der Waals surface area contributed by atoms with Crippen LogP contribution in [0.4, 0.5) is 19.0 Å². The van der Waals surface area contributed by atoms with E-state index in [0.29, 0.717) is 18.7 Å². The summed E-state index contributed by atoms with van der Waals surface area (Å²) in [6.45, 7) is 1.81. The van der Waals surface area contributed by atoms with Gasteiger partial charge in [0.2, 0.25) is 5.91 Å². The summed E-state index contributed by atoms with van der Waals surface area (Å²) in [4.78, 5) is 18.0. The first-order chi connectivity index (χ1) is 9.79. The fourth-order valence-electron chi connectivity index (χ4n) is 2.81. The average Bonchev–Trinajstić information content (AvgIpc) is 2.45. The highest BCUT2D eigenvalue weighted by Crippen LogP contribution is 2.40. The lowest BCUT2D eigenvalue weighted by molar-refractivity contribution is -0.186. The number of anilines is 1. The number of alkyl halides is 3. The van der Waals surface area contributed by atoms with E-state index in [9.17, 15) is 18.0 Å². The monoisotopic (exact) mass is 300 g/mol. The second-order valence-electron chi connectivity index (χ2n) is 5.64. The number of carbonyl (C=O) groups excluding carboxylic acids is 1. The fraction of sp³-hybridized carbons (Fsp3) is 0.600. The van der Waals surface area contributed by atoms with Crippen molar-refractivity contribution >= 4 is 11.7 Å². The molecule has 0 saturated heterocycles. The SMILES string of the molecule is Cc1cccc(N(C)C(=O)C2CCCC(C(F)(F)F)C2)n1.